The molecule has 1 fully saturated rings. The van der Waals surface area contributed by atoms with E-state index >= 15 is 0 Å². The molecule has 28 heavy (non-hydrogen) atoms. The van der Waals surface area contributed by atoms with Gasteiger partial charge in [0.25, 0.3) is 0 Å². The number of anilines is 3. The molecule has 1 unspecified atom stereocenters. The summed E-state index contributed by atoms with van der Waals surface area (Å²) in [6.45, 7) is 2.07. The summed E-state index contributed by atoms with van der Waals surface area (Å²) in [7, 11) is 0. The van der Waals surface area contributed by atoms with Crippen LogP contribution in [0.4, 0.5) is 17.3 Å². The van der Waals surface area contributed by atoms with Crippen LogP contribution in [0.3, 0.4) is 0 Å². The highest BCUT2D eigenvalue weighted by atomic mass is 16.6. The molecule has 0 spiro atoms. The molecule has 2 aromatic rings. The average Bonchev–Trinajstić information content (AvgIpc) is 3.25. The van der Waals surface area contributed by atoms with Crippen LogP contribution in [0.2, 0.25) is 0 Å². The molecule has 2 aliphatic rings. The van der Waals surface area contributed by atoms with Gasteiger partial charge in [0.15, 0.2) is 17.9 Å². The zero-order valence-electron chi connectivity index (χ0n) is 15.6. The summed E-state index contributed by atoms with van der Waals surface area (Å²) in [5, 5.41) is 36.3. The summed E-state index contributed by atoms with van der Waals surface area (Å²) in [4.78, 5) is 10.4. The monoisotopic (exact) mass is 387 g/mol. The molecule has 0 radical (unpaired) electrons. The summed E-state index contributed by atoms with van der Waals surface area (Å²) in [5.41, 5.74) is 1.95. The molecule has 0 aliphatic carbocycles. The zero-order valence-corrected chi connectivity index (χ0v) is 15.6. The third-order valence-corrected chi connectivity index (χ3v) is 5.12. The van der Waals surface area contributed by atoms with Gasteiger partial charge in [-0.25, -0.2) is 9.97 Å². The largest absolute Gasteiger partial charge is 0.394 e. The lowest BCUT2D eigenvalue weighted by Crippen LogP contribution is -2.44. The summed E-state index contributed by atoms with van der Waals surface area (Å²) >= 11 is 0. The van der Waals surface area contributed by atoms with Crippen molar-refractivity contribution >= 4 is 17.3 Å². The maximum atomic E-state index is 10.3. The zero-order chi connectivity index (χ0) is 19.7. The number of aliphatic hydroxyl groups excluding tert-OH is 3. The van der Waals surface area contributed by atoms with E-state index in [4.69, 9.17) is 4.74 Å². The predicted molar refractivity (Wildman–Crippen MR) is 104 cm³/mol. The van der Waals surface area contributed by atoms with Gasteiger partial charge >= 0.3 is 0 Å². The Bertz CT molecular complexity index is 808. The second-order valence-corrected chi connectivity index (χ2v) is 7.19. The molecule has 1 aromatic carbocycles. The lowest BCUT2D eigenvalue weighted by atomic mass is 10.1. The lowest BCUT2D eigenvalue weighted by Gasteiger charge is -2.26. The van der Waals surface area contributed by atoms with Crippen LogP contribution in [0.1, 0.15) is 12.5 Å². The van der Waals surface area contributed by atoms with Crippen LogP contribution in [0.15, 0.2) is 36.7 Å². The van der Waals surface area contributed by atoms with Crippen LogP contribution in [0, 0.1) is 0 Å². The highest BCUT2D eigenvalue weighted by molar-refractivity contribution is 5.81. The Morgan fingerprint density at radius 2 is 2.04 bits per heavy atom. The van der Waals surface area contributed by atoms with Crippen molar-refractivity contribution in [3.05, 3.63) is 42.2 Å². The van der Waals surface area contributed by atoms with Crippen molar-refractivity contribution in [2.24, 2.45) is 0 Å². The van der Waals surface area contributed by atoms with Gasteiger partial charge in [-0.05, 0) is 18.9 Å². The molecule has 3 heterocycles. The summed E-state index contributed by atoms with van der Waals surface area (Å²) in [6, 6.07) is 10.4. The molecule has 5 atom stereocenters. The number of nitrogens with zero attached hydrogens (tertiary/aromatic N) is 3. The van der Waals surface area contributed by atoms with Gasteiger partial charge in [0, 0.05) is 6.04 Å². The number of nitrogens with one attached hydrogen (secondary N) is 2. The molecular weight excluding hydrogens is 362 g/mol. The first kappa shape index (κ1) is 18.9. The molecule has 1 saturated heterocycles. The standard InChI is InChI=1S/C19H25N5O4/c1-11(7-12-5-3-2-4-6-12)23-17-14-18(21-9-20-17)24(10-22-14)19-16(27)15(26)13(8-25)28-19/h2-6,9,11,13,15-16,19,22,25-27H,7-8,10H2,1H3,(H,20,21,23)/t11-,13-,15-,16-,19?/m1/s1. The number of rotatable bonds is 6. The van der Waals surface area contributed by atoms with E-state index in [1.165, 1.54) is 11.9 Å². The van der Waals surface area contributed by atoms with Crippen molar-refractivity contribution in [2.75, 3.05) is 28.8 Å². The number of aromatic nitrogens is 2. The Labute approximate surface area is 163 Å². The van der Waals surface area contributed by atoms with Crippen LogP contribution in [-0.2, 0) is 11.2 Å². The number of hydrogen-bond donors (Lipinski definition) is 5. The SMILES string of the molecule is C[C@H](Cc1ccccc1)Nc1ncnc2c1NCN2C1O[C@H](CO)[C@@H](O)[C@H]1O. The smallest absolute Gasteiger partial charge is 0.162 e. The fourth-order valence-corrected chi connectivity index (χ4v) is 3.71. The van der Waals surface area contributed by atoms with Crippen molar-refractivity contribution in [1.29, 1.82) is 0 Å². The fraction of sp³-hybridized carbons (Fsp3) is 0.474. The lowest BCUT2D eigenvalue weighted by molar-refractivity contribution is -0.0219. The van der Waals surface area contributed by atoms with E-state index in [0.29, 0.717) is 18.3 Å². The van der Waals surface area contributed by atoms with Crippen molar-refractivity contribution in [2.45, 2.75) is 43.9 Å². The number of hydrogen-bond acceptors (Lipinski definition) is 9. The topological polar surface area (TPSA) is 123 Å². The van der Waals surface area contributed by atoms with Crippen LogP contribution < -0.4 is 15.5 Å². The molecule has 150 valence electrons. The van der Waals surface area contributed by atoms with Gasteiger partial charge in [-0.3, -0.25) is 0 Å². The van der Waals surface area contributed by atoms with E-state index in [1.54, 1.807) is 4.90 Å². The van der Waals surface area contributed by atoms with Crippen molar-refractivity contribution in [3.63, 3.8) is 0 Å². The first-order chi connectivity index (χ1) is 13.6. The van der Waals surface area contributed by atoms with Crippen molar-refractivity contribution < 1.29 is 20.1 Å². The van der Waals surface area contributed by atoms with E-state index in [1.807, 2.05) is 18.2 Å². The minimum Gasteiger partial charge on any atom is -0.394 e. The highest BCUT2D eigenvalue weighted by Gasteiger charge is 2.47. The molecule has 1 aromatic heterocycles. The maximum Gasteiger partial charge on any atom is 0.162 e. The molecule has 2 aliphatic heterocycles. The summed E-state index contributed by atoms with van der Waals surface area (Å²) in [6.07, 6.45) is -1.62. The first-order valence-corrected chi connectivity index (χ1v) is 9.37. The molecule has 5 N–H and O–H groups in total. The number of ether oxygens (including phenoxy) is 1. The Morgan fingerprint density at radius 1 is 1.25 bits per heavy atom. The van der Waals surface area contributed by atoms with E-state index in [0.717, 1.165) is 12.1 Å². The van der Waals surface area contributed by atoms with Crippen molar-refractivity contribution in [3.8, 4) is 0 Å². The molecule has 0 bridgehead atoms. The van der Waals surface area contributed by atoms with E-state index in [2.05, 4.69) is 39.7 Å². The third kappa shape index (κ3) is 3.49. The van der Waals surface area contributed by atoms with Crippen LogP contribution >= 0.6 is 0 Å². The Morgan fingerprint density at radius 3 is 2.75 bits per heavy atom. The Balaban J connectivity index is 1.50. The van der Waals surface area contributed by atoms with E-state index in [9.17, 15) is 15.3 Å². The molecule has 4 rings (SSSR count). The minimum absolute atomic E-state index is 0.145. The number of fused-ring (bicyclic) bond motifs is 1. The van der Waals surface area contributed by atoms with E-state index < -0.39 is 24.5 Å². The molecule has 0 saturated carbocycles. The molecular formula is C19H25N5O4. The van der Waals surface area contributed by atoms with Gasteiger partial charge in [0.1, 0.15) is 30.3 Å². The quantitative estimate of drug-likeness (QED) is 0.471. The van der Waals surface area contributed by atoms with Crippen LogP contribution in [0.25, 0.3) is 0 Å². The Hall–Kier alpha value is -2.46. The van der Waals surface area contributed by atoms with Gasteiger partial charge < -0.3 is 35.6 Å². The highest BCUT2D eigenvalue weighted by Crippen LogP contribution is 2.38. The molecule has 0 amide bonds. The normalized spacial score (nSPS) is 27.4. The van der Waals surface area contributed by atoms with Crippen LogP contribution in [-0.4, -0.2) is 69.1 Å². The second-order valence-electron chi connectivity index (χ2n) is 7.19. The van der Waals surface area contributed by atoms with Crippen LogP contribution in [0.5, 0.6) is 0 Å². The first-order valence-electron chi connectivity index (χ1n) is 9.37. The van der Waals surface area contributed by atoms with Gasteiger partial charge in [-0.1, -0.05) is 30.3 Å². The molecule has 9 nitrogen and oxygen atoms in total. The predicted octanol–water partition coefficient (Wildman–Crippen LogP) is 0.148. The summed E-state index contributed by atoms with van der Waals surface area (Å²) < 4.78 is 5.63. The van der Waals surface area contributed by atoms with Gasteiger partial charge in [0.2, 0.25) is 0 Å². The molecule has 9 heteroatoms. The van der Waals surface area contributed by atoms with E-state index in [-0.39, 0.29) is 12.6 Å². The number of aliphatic hydroxyl groups is 3. The van der Waals surface area contributed by atoms with Gasteiger partial charge in [-0.15, -0.1) is 0 Å². The minimum atomic E-state index is -1.15. The average molecular weight is 387 g/mol. The third-order valence-electron chi connectivity index (χ3n) is 5.12. The van der Waals surface area contributed by atoms with Crippen molar-refractivity contribution in [1.82, 2.24) is 9.97 Å². The Kier molecular flexibility index (Phi) is 5.31. The number of benzene rings is 1. The fourth-order valence-electron chi connectivity index (χ4n) is 3.71. The summed E-state index contributed by atoms with van der Waals surface area (Å²) in [5.74, 6) is 1.25. The van der Waals surface area contributed by atoms with Gasteiger partial charge in [-0.2, -0.15) is 0 Å². The maximum absolute atomic E-state index is 10.3. The second kappa shape index (κ2) is 7.88. The van der Waals surface area contributed by atoms with Gasteiger partial charge in [0.05, 0.1) is 13.3 Å².